The molecule has 2 aromatic heterocycles. The largest absolute Gasteiger partial charge is 0.485 e. The number of ether oxygens (including phenoxy) is 1. The molecule has 0 radical (unpaired) electrons. The summed E-state index contributed by atoms with van der Waals surface area (Å²) in [5, 5.41) is 23.1. The van der Waals surface area contributed by atoms with Crippen molar-refractivity contribution in [2.45, 2.75) is 64.3 Å². The smallest absolute Gasteiger partial charge is 0.235 e. The Bertz CT molecular complexity index is 1230. The van der Waals surface area contributed by atoms with Crippen LogP contribution in [-0.4, -0.2) is 26.4 Å². The summed E-state index contributed by atoms with van der Waals surface area (Å²) in [6.07, 6.45) is 5.32. The molecule has 2 heterocycles. The second kappa shape index (κ2) is 11.3. The van der Waals surface area contributed by atoms with Crippen molar-refractivity contribution in [2.24, 2.45) is 0 Å². The van der Waals surface area contributed by atoms with E-state index in [4.69, 9.17) is 16.3 Å². The number of benzene rings is 1. The second-order valence-electron chi connectivity index (χ2n) is 8.06. The van der Waals surface area contributed by atoms with E-state index < -0.39 is 0 Å². The number of carbonyl (C=O) groups is 1. The van der Waals surface area contributed by atoms with Gasteiger partial charge in [0, 0.05) is 16.4 Å². The van der Waals surface area contributed by atoms with E-state index in [1.807, 2.05) is 30.5 Å². The fourth-order valence-corrected chi connectivity index (χ4v) is 6.31. The molecule has 7 nitrogen and oxygen atoms in total. The molecule has 4 rings (SSSR count). The van der Waals surface area contributed by atoms with Gasteiger partial charge in [0.2, 0.25) is 5.91 Å². The Morgan fingerprint density at radius 1 is 1.32 bits per heavy atom. The molecule has 1 aromatic carbocycles. The number of thioether (sulfide) groups is 1. The molecule has 0 atom stereocenters. The topological polar surface area (TPSA) is 92.8 Å². The minimum atomic E-state index is -0.154. The van der Waals surface area contributed by atoms with E-state index >= 15 is 0 Å². The Morgan fingerprint density at radius 2 is 2.15 bits per heavy atom. The summed E-state index contributed by atoms with van der Waals surface area (Å²) in [7, 11) is 0. The lowest BCUT2D eigenvalue weighted by Crippen LogP contribution is -2.15. The van der Waals surface area contributed by atoms with Gasteiger partial charge in [0.1, 0.15) is 23.4 Å². The first-order chi connectivity index (χ1) is 16.5. The van der Waals surface area contributed by atoms with Crippen LogP contribution in [-0.2, 0) is 30.8 Å². The van der Waals surface area contributed by atoms with Crippen LogP contribution in [0.1, 0.15) is 53.6 Å². The van der Waals surface area contributed by atoms with Crippen molar-refractivity contribution >= 4 is 45.6 Å². The summed E-state index contributed by atoms with van der Waals surface area (Å²) < 4.78 is 7.85. The first-order valence-electron chi connectivity index (χ1n) is 11.3. The Kier molecular flexibility index (Phi) is 8.14. The molecule has 3 aromatic rings. The molecule has 1 N–H and O–H groups in total. The standard InChI is InChI=1S/C24H26ClN5O2S2/c1-3-30-21(13-32-19-10-9-16(25)11-15(19)2)28-29-24(30)33-14-22(31)27-23-18(12-26)17-7-5-4-6-8-20(17)34-23/h9-11H,3-8,13-14H2,1-2H3,(H,27,31). The third kappa shape index (κ3) is 5.57. The predicted molar refractivity (Wildman–Crippen MR) is 136 cm³/mol. The van der Waals surface area contributed by atoms with Crippen LogP contribution in [0.15, 0.2) is 23.4 Å². The molecular weight excluding hydrogens is 490 g/mol. The zero-order chi connectivity index (χ0) is 24.1. The Balaban J connectivity index is 1.38. The van der Waals surface area contributed by atoms with Crippen molar-refractivity contribution in [3.05, 3.63) is 50.6 Å². The number of hydrogen-bond acceptors (Lipinski definition) is 7. The normalized spacial score (nSPS) is 13.1. The van der Waals surface area contributed by atoms with Crippen LogP contribution in [0.4, 0.5) is 5.00 Å². The van der Waals surface area contributed by atoms with Gasteiger partial charge in [-0.2, -0.15) is 5.26 Å². The SMILES string of the molecule is CCn1c(COc2ccc(Cl)cc2C)nnc1SCC(=O)Nc1sc2c(c1C#N)CCCCC2. The summed E-state index contributed by atoms with van der Waals surface area (Å²) in [6, 6.07) is 7.79. The van der Waals surface area contributed by atoms with E-state index in [-0.39, 0.29) is 18.3 Å². The number of nitrogens with one attached hydrogen (secondary N) is 1. The molecule has 178 valence electrons. The number of nitrogens with zero attached hydrogens (tertiary/aromatic N) is 4. The first kappa shape index (κ1) is 24.6. The first-order valence-corrected chi connectivity index (χ1v) is 13.5. The Labute approximate surface area is 212 Å². The van der Waals surface area contributed by atoms with Crippen molar-refractivity contribution in [3.8, 4) is 11.8 Å². The molecule has 1 aliphatic rings. The summed E-state index contributed by atoms with van der Waals surface area (Å²) in [6.45, 7) is 4.87. The van der Waals surface area contributed by atoms with E-state index in [0.29, 0.717) is 33.1 Å². The lowest BCUT2D eigenvalue weighted by atomic mass is 10.1. The predicted octanol–water partition coefficient (Wildman–Crippen LogP) is 5.77. The number of fused-ring (bicyclic) bond motifs is 1. The van der Waals surface area contributed by atoms with Gasteiger partial charge in [-0.05, 0) is 68.9 Å². The van der Waals surface area contributed by atoms with E-state index in [1.165, 1.54) is 23.1 Å². The van der Waals surface area contributed by atoms with Gasteiger partial charge < -0.3 is 14.6 Å². The van der Waals surface area contributed by atoms with Crippen LogP contribution in [0.2, 0.25) is 5.02 Å². The molecule has 0 saturated carbocycles. The van der Waals surface area contributed by atoms with Crippen molar-refractivity contribution in [3.63, 3.8) is 0 Å². The summed E-state index contributed by atoms with van der Waals surface area (Å²) in [5.74, 6) is 1.46. The molecule has 0 saturated heterocycles. The highest BCUT2D eigenvalue weighted by atomic mass is 35.5. The number of nitriles is 1. The molecule has 1 amide bonds. The van der Waals surface area contributed by atoms with Crippen molar-refractivity contribution < 1.29 is 9.53 Å². The minimum absolute atomic E-state index is 0.154. The molecule has 34 heavy (non-hydrogen) atoms. The second-order valence-corrected chi connectivity index (χ2v) is 10.5. The maximum absolute atomic E-state index is 12.7. The van der Waals surface area contributed by atoms with Crippen LogP contribution in [0.5, 0.6) is 5.75 Å². The Morgan fingerprint density at radius 3 is 2.91 bits per heavy atom. The summed E-state index contributed by atoms with van der Waals surface area (Å²) in [5.41, 5.74) is 2.71. The monoisotopic (exact) mass is 515 g/mol. The number of halogens is 1. The lowest BCUT2D eigenvalue weighted by Gasteiger charge is -2.10. The van der Waals surface area contributed by atoms with Gasteiger partial charge in [-0.25, -0.2) is 0 Å². The van der Waals surface area contributed by atoms with Crippen LogP contribution < -0.4 is 10.1 Å². The highest BCUT2D eigenvalue weighted by Crippen LogP contribution is 2.37. The Hall–Kier alpha value is -2.54. The van der Waals surface area contributed by atoms with Crippen molar-refractivity contribution in [2.75, 3.05) is 11.1 Å². The number of hydrogen-bond donors (Lipinski definition) is 1. The molecule has 0 aliphatic heterocycles. The number of carbonyl (C=O) groups excluding carboxylic acids is 1. The summed E-state index contributed by atoms with van der Waals surface area (Å²) in [4.78, 5) is 13.9. The number of anilines is 1. The van der Waals surface area contributed by atoms with Crippen LogP contribution in [0.3, 0.4) is 0 Å². The minimum Gasteiger partial charge on any atom is -0.485 e. The van der Waals surface area contributed by atoms with Gasteiger partial charge in [0.25, 0.3) is 0 Å². The van der Waals surface area contributed by atoms with E-state index in [2.05, 4.69) is 21.6 Å². The zero-order valence-corrected chi connectivity index (χ0v) is 21.6. The number of thiophene rings is 1. The van der Waals surface area contributed by atoms with Crippen LogP contribution >= 0.6 is 34.7 Å². The fourth-order valence-electron chi connectivity index (χ4n) is 4.01. The highest BCUT2D eigenvalue weighted by Gasteiger charge is 2.21. The average molecular weight is 516 g/mol. The molecule has 0 spiro atoms. The van der Waals surface area contributed by atoms with E-state index in [0.717, 1.165) is 42.6 Å². The lowest BCUT2D eigenvalue weighted by molar-refractivity contribution is -0.113. The molecule has 1 aliphatic carbocycles. The van der Waals surface area contributed by atoms with Gasteiger partial charge in [-0.1, -0.05) is 29.8 Å². The van der Waals surface area contributed by atoms with Gasteiger partial charge in [-0.3, -0.25) is 4.79 Å². The zero-order valence-electron chi connectivity index (χ0n) is 19.2. The van der Waals surface area contributed by atoms with E-state index in [1.54, 1.807) is 17.4 Å². The quantitative estimate of drug-likeness (QED) is 0.302. The number of aryl methyl sites for hydroxylation is 2. The maximum atomic E-state index is 12.7. The van der Waals surface area contributed by atoms with Gasteiger partial charge in [-0.15, -0.1) is 21.5 Å². The highest BCUT2D eigenvalue weighted by molar-refractivity contribution is 7.99. The molecule has 0 fully saturated rings. The van der Waals surface area contributed by atoms with Gasteiger partial charge in [0.15, 0.2) is 11.0 Å². The fraction of sp³-hybridized carbons (Fsp3) is 0.417. The van der Waals surface area contributed by atoms with Crippen molar-refractivity contribution in [1.29, 1.82) is 5.26 Å². The summed E-state index contributed by atoms with van der Waals surface area (Å²) >= 11 is 8.88. The average Bonchev–Trinajstić information content (AvgIpc) is 3.28. The van der Waals surface area contributed by atoms with Gasteiger partial charge in [0.05, 0.1) is 11.3 Å². The third-order valence-corrected chi connectivity index (χ3v) is 8.13. The van der Waals surface area contributed by atoms with Crippen molar-refractivity contribution in [1.82, 2.24) is 14.8 Å². The van der Waals surface area contributed by atoms with Crippen LogP contribution in [0.25, 0.3) is 0 Å². The molecule has 0 unspecified atom stereocenters. The molecule has 0 bridgehead atoms. The number of aromatic nitrogens is 3. The molecular formula is C24H26ClN5O2S2. The van der Waals surface area contributed by atoms with E-state index in [9.17, 15) is 10.1 Å². The molecule has 10 heteroatoms. The number of rotatable bonds is 8. The third-order valence-electron chi connectivity index (χ3n) is 5.72. The maximum Gasteiger partial charge on any atom is 0.235 e. The van der Waals surface area contributed by atoms with Gasteiger partial charge >= 0.3 is 0 Å². The van der Waals surface area contributed by atoms with Crippen LogP contribution in [0, 0.1) is 18.3 Å². The number of amides is 1.